The van der Waals surface area contributed by atoms with E-state index >= 15 is 0 Å². The Morgan fingerprint density at radius 3 is 1.09 bits per heavy atom. The predicted octanol–water partition coefficient (Wildman–Crippen LogP) is 9.14. The van der Waals surface area contributed by atoms with Crippen molar-refractivity contribution in [3.63, 3.8) is 0 Å². The minimum atomic E-state index is 0.0566. The summed E-state index contributed by atoms with van der Waals surface area (Å²) in [5.41, 5.74) is 2.12. The van der Waals surface area contributed by atoms with E-state index in [1.165, 1.54) is 0 Å². The normalized spacial score (nSPS) is 15.8. The highest BCUT2D eigenvalue weighted by atomic mass is 16.6. The van der Waals surface area contributed by atoms with Crippen LogP contribution in [-0.4, -0.2) is 80.0 Å². The van der Waals surface area contributed by atoms with Crippen LogP contribution in [0, 0.1) is 0 Å². The zero-order valence-electron chi connectivity index (χ0n) is 32.3. The monoisotopic (exact) mass is 741 g/mol. The molecule has 3 heterocycles. The molecule has 54 heavy (non-hydrogen) atoms. The fourth-order valence-corrected chi connectivity index (χ4v) is 5.45. The smallest absolute Gasteiger partial charge is 0.167 e. The van der Waals surface area contributed by atoms with Crippen LogP contribution in [0.2, 0.25) is 0 Å². The Hall–Kier alpha value is -4.61. The van der Waals surface area contributed by atoms with Crippen molar-refractivity contribution >= 4 is 0 Å². The van der Waals surface area contributed by atoms with Crippen molar-refractivity contribution in [2.75, 3.05) is 52.9 Å². The second-order valence-corrected chi connectivity index (χ2v) is 13.6. The molecule has 0 amide bonds. The van der Waals surface area contributed by atoms with E-state index in [9.17, 15) is 0 Å². The lowest BCUT2D eigenvalue weighted by atomic mass is 10.1. The first-order valence-corrected chi connectivity index (χ1v) is 19.8. The van der Waals surface area contributed by atoms with Gasteiger partial charge in [-0.1, -0.05) is 53.4 Å². The van der Waals surface area contributed by atoms with Gasteiger partial charge in [0.1, 0.15) is 59.9 Å². The number of rotatable bonds is 25. The van der Waals surface area contributed by atoms with Crippen LogP contribution in [0.1, 0.15) is 79.1 Å². The topological polar surface area (TPSA) is 119 Å². The van der Waals surface area contributed by atoms with Gasteiger partial charge in [0.05, 0.1) is 56.3 Å². The SMILES string of the molecule is CCCCOc1ccc(-c2nc(-c3ccc(OCCCC)cc3OCC3CO3)nc(-c3ccc(OCCCC)cc3OCC3CO3)n2)c(OCCCC)c1. The molecular formula is C43H55N3O8. The van der Waals surface area contributed by atoms with E-state index in [1.54, 1.807) is 0 Å². The standard InChI is InChI=1S/C43H55N3O8/c1-5-9-19-47-30-13-16-35(38(23-30)50-22-12-8-4)41-44-42(36-17-14-31(48-20-10-6-2)24-39(36)53-28-33-26-51-33)46-43(45-41)37-18-15-32(49-21-11-7-3)25-40(37)54-29-34-27-52-34/h13-18,23-25,33-34H,5-12,19-22,26-29H2,1-4H3. The highest BCUT2D eigenvalue weighted by molar-refractivity contribution is 5.75. The molecule has 11 nitrogen and oxygen atoms in total. The summed E-state index contributed by atoms with van der Waals surface area (Å²) in [6.07, 6.45) is 8.03. The van der Waals surface area contributed by atoms with Gasteiger partial charge in [0.25, 0.3) is 0 Å². The third-order valence-corrected chi connectivity index (χ3v) is 8.93. The molecule has 11 heteroatoms. The van der Waals surface area contributed by atoms with E-state index in [4.69, 9.17) is 52.8 Å². The number of epoxide rings is 2. The van der Waals surface area contributed by atoms with Gasteiger partial charge in [0.2, 0.25) is 0 Å². The number of unbranched alkanes of at least 4 members (excludes halogenated alkanes) is 4. The van der Waals surface area contributed by atoms with Crippen molar-refractivity contribution < 1.29 is 37.9 Å². The number of hydrogen-bond donors (Lipinski definition) is 0. The van der Waals surface area contributed by atoms with Crippen LogP contribution in [0.25, 0.3) is 34.2 Å². The molecule has 0 spiro atoms. The number of aromatic nitrogens is 3. The molecule has 0 saturated carbocycles. The molecule has 2 aliphatic heterocycles. The van der Waals surface area contributed by atoms with Crippen molar-refractivity contribution in [3.8, 4) is 68.7 Å². The predicted molar refractivity (Wildman–Crippen MR) is 208 cm³/mol. The third-order valence-electron chi connectivity index (χ3n) is 8.93. The van der Waals surface area contributed by atoms with E-state index < -0.39 is 0 Å². The van der Waals surface area contributed by atoms with Crippen LogP contribution in [-0.2, 0) is 9.47 Å². The molecule has 290 valence electrons. The first-order valence-electron chi connectivity index (χ1n) is 19.8. The number of ether oxygens (including phenoxy) is 8. The van der Waals surface area contributed by atoms with Gasteiger partial charge in [-0.2, -0.15) is 0 Å². The molecule has 0 radical (unpaired) electrons. The molecule has 1 aromatic heterocycles. The Morgan fingerprint density at radius 2 is 0.778 bits per heavy atom. The summed E-state index contributed by atoms with van der Waals surface area (Å²) < 4.78 is 48.3. The maximum atomic E-state index is 6.40. The van der Waals surface area contributed by atoms with Gasteiger partial charge >= 0.3 is 0 Å². The van der Waals surface area contributed by atoms with Gasteiger partial charge in [-0.05, 0) is 62.1 Å². The first-order chi connectivity index (χ1) is 26.6. The lowest BCUT2D eigenvalue weighted by Crippen LogP contribution is -2.09. The highest BCUT2D eigenvalue weighted by Crippen LogP contribution is 2.39. The van der Waals surface area contributed by atoms with Gasteiger partial charge in [0, 0.05) is 18.2 Å². The molecule has 6 rings (SSSR count). The summed E-state index contributed by atoms with van der Waals surface area (Å²) in [6, 6.07) is 17.4. The molecule has 3 aromatic carbocycles. The fourth-order valence-electron chi connectivity index (χ4n) is 5.45. The van der Waals surface area contributed by atoms with E-state index in [-0.39, 0.29) is 12.2 Å². The Labute approximate surface area is 319 Å². The van der Waals surface area contributed by atoms with Gasteiger partial charge in [0.15, 0.2) is 17.5 Å². The first kappa shape index (κ1) is 39.1. The minimum Gasteiger partial charge on any atom is -0.493 e. The van der Waals surface area contributed by atoms with Crippen molar-refractivity contribution in [1.29, 1.82) is 0 Å². The molecule has 2 saturated heterocycles. The average molecular weight is 742 g/mol. The van der Waals surface area contributed by atoms with E-state index in [1.807, 2.05) is 54.6 Å². The quantitative estimate of drug-likeness (QED) is 0.0478. The van der Waals surface area contributed by atoms with Crippen molar-refractivity contribution in [2.24, 2.45) is 0 Å². The van der Waals surface area contributed by atoms with Crippen LogP contribution in [0.15, 0.2) is 54.6 Å². The van der Waals surface area contributed by atoms with Crippen molar-refractivity contribution in [2.45, 2.75) is 91.3 Å². The second kappa shape index (κ2) is 20.2. The average Bonchev–Trinajstić information content (AvgIpc) is 4.13. The van der Waals surface area contributed by atoms with Gasteiger partial charge in [-0.15, -0.1) is 0 Å². The molecule has 2 atom stereocenters. The molecule has 0 N–H and O–H groups in total. The Kier molecular flexibility index (Phi) is 14.6. The fraction of sp³-hybridized carbons (Fsp3) is 0.512. The second-order valence-electron chi connectivity index (χ2n) is 13.6. The van der Waals surface area contributed by atoms with Crippen LogP contribution in [0.3, 0.4) is 0 Å². The maximum Gasteiger partial charge on any atom is 0.167 e. The minimum absolute atomic E-state index is 0.0566. The molecule has 2 aliphatic rings. The zero-order valence-corrected chi connectivity index (χ0v) is 32.3. The summed E-state index contributed by atoms with van der Waals surface area (Å²) in [5.74, 6) is 5.33. The molecule has 2 unspecified atom stereocenters. The largest absolute Gasteiger partial charge is 0.493 e. The van der Waals surface area contributed by atoms with Crippen molar-refractivity contribution in [1.82, 2.24) is 15.0 Å². The van der Waals surface area contributed by atoms with Gasteiger partial charge in [-0.3, -0.25) is 0 Å². The Bertz CT molecular complexity index is 1690. The molecule has 2 fully saturated rings. The lowest BCUT2D eigenvalue weighted by Gasteiger charge is -2.17. The summed E-state index contributed by atoms with van der Waals surface area (Å²) in [5, 5.41) is 0. The number of hydrogen-bond acceptors (Lipinski definition) is 11. The van der Waals surface area contributed by atoms with Gasteiger partial charge < -0.3 is 37.9 Å². The van der Waals surface area contributed by atoms with Crippen LogP contribution in [0.4, 0.5) is 0 Å². The Morgan fingerprint density at radius 1 is 0.463 bits per heavy atom. The summed E-state index contributed by atoms with van der Waals surface area (Å²) >= 11 is 0. The van der Waals surface area contributed by atoms with Crippen molar-refractivity contribution in [3.05, 3.63) is 54.6 Å². The van der Waals surface area contributed by atoms with Crippen LogP contribution < -0.4 is 28.4 Å². The lowest BCUT2D eigenvalue weighted by molar-refractivity contribution is 0.260. The molecular weight excluding hydrogens is 686 g/mol. The molecule has 4 aromatic rings. The van der Waals surface area contributed by atoms with Crippen LogP contribution >= 0.6 is 0 Å². The molecule has 0 bridgehead atoms. The number of nitrogens with zero attached hydrogens (tertiary/aromatic N) is 3. The third kappa shape index (κ3) is 11.4. The van der Waals surface area contributed by atoms with Gasteiger partial charge in [-0.25, -0.2) is 15.0 Å². The van der Waals surface area contributed by atoms with Crippen LogP contribution in [0.5, 0.6) is 34.5 Å². The van der Waals surface area contributed by atoms with E-state index in [0.717, 1.165) is 74.2 Å². The van der Waals surface area contributed by atoms with E-state index in [0.29, 0.717) is 98.7 Å². The van der Waals surface area contributed by atoms with E-state index in [2.05, 4.69) is 27.7 Å². The zero-order chi connectivity index (χ0) is 37.5. The highest BCUT2D eigenvalue weighted by Gasteiger charge is 2.27. The number of benzene rings is 3. The summed E-state index contributed by atoms with van der Waals surface area (Å²) in [7, 11) is 0. The summed E-state index contributed by atoms with van der Waals surface area (Å²) in [4.78, 5) is 15.3. The maximum absolute atomic E-state index is 6.40. The summed E-state index contributed by atoms with van der Waals surface area (Å²) in [6.45, 7) is 13.2. The Balaban J connectivity index is 1.47. The molecule has 0 aliphatic carbocycles.